The van der Waals surface area contributed by atoms with Gasteiger partial charge in [-0.3, -0.25) is 0 Å². The Balaban J connectivity index is 2.62. The maximum Gasteiger partial charge on any atom is 0.0589 e. The van der Waals surface area contributed by atoms with Gasteiger partial charge in [-0.1, -0.05) is 34.6 Å². The first-order valence-electron chi connectivity index (χ1n) is 8.85. The number of rotatable bonds is 10. The lowest BCUT2D eigenvalue weighted by Gasteiger charge is -2.35. The Kier molecular flexibility index (Phi) is 8.22. The van der Waals surface area contributed by atoms with Crippen molar-refractivity contribution < 1.29 is 4.74 Å². The molecule has 1 N–H and O–H groups in total. The number of methoxy groups -OCH3 is 1. The van der Waals surface area contributed by atoms with Crippen LogP contribution in [0.25, 0.3) is 0 Å². The van der Waals surface area contributed by atoms with E-state index >= 15 is 0 Å². The number of nitrogens with zero attached hydrogens (tertiary/aromatic N) is 1. The summed E-state index contributed by atoms with van der Waals surface area (Å²) < 4.78 is 5.29. The molecule has 0 spiro atoms. The van der Waals surface area contributed by atoms with E-state index in [0.29, 0.717) is 11.5 Å². The summed E-state index contributed by atoms with van der Waals surface area (Å²) in [4.78, 5) is 2.61. The van der Waals surface area contributed by atoms with Crippen LogP contribution in [0.4, 0.5) is 0 Å². The first-order chi connectivity index (χ1) is 9.90. The van der Waals surface area contributed by atoms with Crippen molar-refractivity contribution in [3.8, 4) is 0 Å². The Bertz CT molecular complexity index is 278. The molecule has 0 aromatic carbocycles. The minimum Gasteiger partial charge on any atom is -0.383 e. The van der Waals surface area contributed by atoms with E-state index in [9.17, 15) is 0 Å². The van der Waals surface area contributed by atoms with E-state index in [4.69, 9.17) is 4.74 Å². The minimum atomic E-state index is 0.435. The van der Waals surface area contributed by atoms with Gasteiger partial charge in [0.05, 0.1) is 6.61 Å². The summed E-state index contributed by atoms with van der Waals surface area (Å²) >= 11 is 0. The molecule has 0 bridgehead atoms. The molecule has 3 nitrogen and oxygen atoms in total. The van der Waals surface area contributed by atoms with Crippen molar-refractivity contribution in [1.82, 2.24) is 10.2 Å². The number of hydrogen-bond acceptors (Lipinski definition) is 3. The quantitative estimate of drug-likeness (QED) is 0.669. The number of hydrogen-bond donors (Lipinski definition) is 1. The number of ether oxygens (including phenoxy) is 1. The largest absolute Gasteiger partial charge is 0.383 e. The zero-order valence-corrected chi connectivity index (χ0v) is 15.2. The Morgan fingerprint density at radius 1 is 1.33 bits per heavy atom. The van der Waals surface area contributed by atoms with E-state index < -0.39 is 0 Å². The molecular formula is C18H38N2O. The maximum absolute atomic E-state index is 5.29. The Morgan fingerprint density at radius 3 is 2.62 bits per heavy atom. The smallest absolute Gasteiger partial charge is 0.0589 e. The van der Waals surface area contributed by atoms with Crippen LogP contribution in [0.1, 0.15) is 53.9 Å². The SMILES string of the molecule is CCCNC1C(CN(CCOC)CC(C)C)CCC1(C)C. The normalized spacial score (nSPS) is 25.1. The van der Waals surface area contributed by atoms with Crippen LogP contribution in [0.15, 0.2) is 0 Å². The zero-order chi connectivity index (χ0) is 15.9. The fraction of sp³-hybridized carbons (Fsp3) is 1.00. The molecule has 0 radical (unpaired) electrons. The summed E-state index contributed by atoms with van der Waals surface area (Å²) in [6, 6.07) is 0.662. The molecule has 0 aromatic rings. The van der Waals surface area contributed by atoms with E-state index in [-0.39, 0.29) is 0 Å². The summed E-state index contributed by atoms with van der Waals surface area (Å²) in [6.45, 7) is 17.2. The van der Waals surface area contributed by atoms with E-state index in [0.717, 1.165) is 31.5 Å². The van der Waals surface area contributed by atoms with Crippen LogP contribution in [0.3, 0.4) is 0 Å². The van der Waals surface area contributed by atoms with Gasteiger partial charge in [0.1, 0.15) is 0 Å². The molecule has 0 heterocycles. The lowest BCUT2D eigenvalue weighted by atomic mass is 9.84. The molecule has 1 fully saturated rings. The standard InChI is InChI=1S/C18H38N2O/c1-7-10-19-17-16(8-9-18(17,4)5)14-20(11-12-21-6)13-15(2)3/h15-17,19H,7-14H2,1-6H3. The van der Waals surface area contributed by atoms with E-state index in [1.165, 1.54) is 32.4 Å². The summed E-state index contributed by atoms with van der Waals surface area (Å²) in [5.41, 5.74) is 0.435. The zero-order valence-electron chi connectivity index (χ0n) is 15.2. The van der Waals surface area contributed by atoms with Crippen LogP contribution in [-0.2, 0) is 4.74 Å². The minimum absolute atomic E-state index is 0.435. The van der Waals surface area contributed by atoms with Crippen LogP contribution in [-0.4, -0.2) is 50.8 Å². The summed E-state index contributed by atoms with van der Waals surface area (Å²) in [7, 11) is 1.80. The van der Waals surface area contributed by atoms with Gasteiger partial charge >= 0.3 is 0 Å². The monoisotopic (exact) mass is 298 g/mol. The second-order valence-corrected chi connectivity index (χ2v) is 7.87. The summed E-state index contributed by atoms with van der Waals surface area (Å²) in [5.74, 6) is 1.50. The van der Waals surface area contributed by atoms with Gasteiger partial charge in [-0.15, -0.1) is 0 Å². The van der Waals surface area contributed by atoms with Gasteiger partial charge in [-0.05, 0) is 43.1 Å². The Morgan fingerprint density at radius 2 is 2.05 bits per heavy atom. The Labute approximate surface area is 132 Å². The average molecular weight is 299 g/mol. The van der Waals surface area contributed by atoms with Gasteiger partial charge in [-0.25, -0.2) is 0 Å². The van der Waals surface area contributed by atoms with Crippen LogP contribution >= 0.6 is 0 Å². The molecule has 0 amide bonds. The second kappa shape index (κ2) is 9.12. The molecule has 0 aromatic heterocycles. The molecule has 1 aliphatic rings. The third-order valence-corrected chi connectivity index (χ3v) is 4.81. The molecule has 0 saturated heterocycles. The van der Waals surface area contributed by atoms with Crippen molar-refractivity contribution in [2.75, 3.05) is 39.9 Å². The third-order valence-electron chi connectivity index (χ3n) is 4.81. The highest BCUT2D eigenvalue weighted by Gasteiger charge is 2.41. The van der Waals surface area contributed by atoms with Crippen LogP contribution in [0.5, 0.6) is 0 Å². The highest BCUT2D eigenvalue weighted by molar-refractivity contribution is 4.97. The van der Waals surface area contributed by atoms with Gasteiger partial charge < -0.3 is 15.0 Å². The predicted octanol–water partition coefficient (Wildman–Crippen LogP) is 3.40. The van der Waals surface area contributed by atoms with Gasteiger partial charge in [0.25, 0.3) is 0 Å². The van der Waals surface area contributed by atoms with E-state index in [1.807, 2.05) is 0 Å². The van der Waals surface area contributed by atoms with Crippen molar-refractivity contribution in [2.45, 2.75) is 59.9 Å². The van der Waals surface area contributed by atoms with Gasteiger partial charge in [0, 0.05) is 32.8 Å². The molecular weight excluding hydrogens is 260 g/mol. The molecule has 2 unspecified atom stereocenters. The van der Waals surface area contributed by atoms with Crippen molar-refractivity contribution in [1.29, 1.82) is 0 Å². The van der Waals surface area contributed by atoms with Gasteiger partial charge in [-0.2, -0.15) is 0 Å². The van der Waals surface area contributed by atoms with E-state index in [2.05, 4.69) is 44.8 Å². The highest BCUT2D eigenvalue weighted by Crippen LogP contribution is 2.41. The third kappa shape index (κ3) is 6.25. The van der Waals surface area contributed by atoms with Gasteiger partial charge in [0.15, 0.2) is 0 Å². The maximum atomic E-state index is 5.29. The van der Waals surface area contributed by atoms with Crippen LogP contribution in [0, 0.1) is 17.3 Å². The average Bonchev–Trinajstić information content (AvgIpc) is 2.68. The lowest BCUT2D eigenvalue weighted by Crippen LogP contribution is -2.47. The molecule has 126 valence electrons. The first kappa shape index (κ1) is 18.9. The topological polar surface area (TPSA) is 24.5 Å². The molecule has 1 aliphatic carbocycles. The fourth-order valence-corrected chi connectivity index (χ4v) is 3.78. The summed E-state index contributed by atoms with van der Waals surface area (Å²) in [5, 5.41) is 3.83. The van der Waals surface area contributed by atoms with Crippen molar-refractivity contribution in [3.63, 3.8) is 0 Å². The predicted molar refractivity (Wildman–Crippen MR) is 91.7 cm³/mol. The lowest BCUT2D eigenvalue weighted by molar-refractivity contribution is 0.118. The van der Waals surface area contributed by atoms with Crippen molar-refractivity contribution >= 4 is 0 Å². The first-order valence-corrected chi connectivity index (χ1v) is 8.85. The van der Waals surface area contributed by atoms with Crippen LogP contribution in [0.2, 0.25) is 0 Å². The van der Waals surface area contributed by atoms with E-state index in [1.54, 1.807) is 7.11 Å². The molecule has 0 aliphatic heterocycles. The van der Waals surface area contributed by atoms with Gasteiger partial charge in [0.2, 0.25) is 0 Å². The molecule has 3 heteroatoms. The molecule has 2 atom stereocenters. The molecule has 1 saturated carbocycles. The number of nitrogens with one attached hydrogen (secondary N) is 1. The summed E-state index contributed by atoms with van der Waals surface area (Å²) in [6.07, 6.45) is 3.92. The van der Waals surface area contributed by atoms with Crippen molar-refractivity contribution in [2.24, 2.45) is 17.3 Å². The van der Waals surface area contributed by atoms with Crippen LogP contribution < -0.4 is 5.32 Å². The second-order valence-electron chi connectivity index (χ2n) is 7.87. The van der Waals surface area contributed by atoms with Crippen molar-refractivity contribution in [3.05, 3.63) is 0 Å². The highest BCUT2D eigenvalue weighted by atomic mass is 16.5. The fourth-order valence-electron chi connectivity index (χ4n) is 3.78. The molecule has 21 heavy (non-hydrogen) atoms. The molecule has 1 rings (SSSR count). The Hall–Kier alpha value is -0.120.